The van der Waals surface area contributed by atoms with Gasteiger partial charge in [0.1, 0.15) is 12.2 Å². The van der Waals surface area contributed by atoms with E-state index in [0.29, 0.717) is 11.4 Å². The minimum absolute atomic E-state index is 0.0148. The first-order chi connectivity index (χ1) is 15.5. The van der Waals surface area contributed by atoms with Gasteiger partial charge in [-0.05, 0) is 44.0 Å². The molecule has 2 aromatic heterocycles. The predicted molar refractivity (Wildman–Crippen MR) is 124 cm³/mol. The summed E-state index contributed by atoms with van der Waals surface area (Å²) in [5.41, 5.74) is 5.27. The van der Waals surface area contributed by atoms with E-state index in [1.807, 2.05) is 38.2 Å². The van der Waals surface area contributed by atoms with E-state index in [0.717, 1.165) is 46.5 Å². The van der Waals surface area contributed by atoms with Gasteiger partial charge in [0.25, 0.3) is 0 Å². The number of ether oxygens (including phenoxy) is 2. The number of nitrogens with zero attached hydrogens (tertiary/aromatic N) is 5. The van der Waals surface area contributed by atoms with Crippen molar-refractivity contribution in [3.05, 3.63) is 52.8 Å². The average Bonchev–Trinajstić information content (AvgIpc) is 3.24. The van der Waals surface area contributed by atoms with Gasteiger partial charge in [0.15, 0.2) is 5.82 Å². The van der Waals surface area contributed by atoms with E-state index in [9.17, 15) is 5.26 Å². The lowest BCUT2D eigenvalue weighted by Crippen LogP contribution is -2.27. The van der Waals surface area contributed by atoms with Crippen molar-refractivity contribution in [2.24, 2.45) is 0 Å². The van der Waals surface area contributed by atoms with Gasteiger partial charge >= 0.3 is 0 Å². The Bertz CT molecular complexity index is 1160. The molecule has 3 aromatic rings. The van der Waals surface area contributed by atoms with Crippen molar-refractivity contribution in [1.82, 2.24) is 15.2 Å². The lowest BCUT2D eigenvalue weighted by molar-refractivity contribution is -0.00461. The Morgan fingerprint density at radius 3 is 2.53 bits per heavy atom. The largest absolute Gasteiger partial charge is 0.377 e. The second kappa shape index (κ2) is 9.07. The highest BCUT2D eigenvalue weighted by Crippen LogP contribution is 2.31. The van der Waals surface area contributed by atoms with Gasteiger partial charge in [-0.3, -0.25) is 4.98 Å². The maximum atomic E-state index is 9.37. The van der Waals surface area contributed by atoms with Crippen LogP contribution in [0, 0.1) is 25.2 Å². The molecule has 3 heterocycles. The molecule has 1 aliphatic rings. The van der Waals surface area contributed by atoms with Crippen molar-refractivity contribution in [2.75, 3.05) is 37.5 Å². The molecule has 0 bridgehead atoms. The van der Waals surface area contributed by atoms with Crippen LogP contribution < -0.4 is 10.2 Å². The molecular weight excluding hydrogens is 404 g/mol. The van der Waals surface area contributed by atoms with Gasteiger partial charge < -0.3 is 19.7 Å². The Morgan fingerprint density at radius 2 is 1.88 bits per heavy atom. The summed E-state index contributed by atoms with van der Waals surface area (Å²) in [7, 11) is 3.43. The molecule has 0 unspecified atom stereocenters. The molecule has 4 rings (SSSR count). The minimum Gasteiger partial charge on any atom is -0.377 e. The highest BCUT2D eigenvalue weighted by atomic mass is 16.5. The maximum Gasteiger partial charge on any atom is 0.158 e. The maximum absolute atomic E-state index is 9.37. The third-order valence-electron chi connectivity index (χ3n) is 6.27. The molecule has 3 atom stereocenters. The standard InChI is InChI=1S/C24H28N6O2/c1-14-17(10-25)7-6-8-19(14)15(2)27-24-20-9-18(11-26-23(20)16(3)28-29-24)30-12-21(31-4)22(13-30)32-5/h6-9,11,15,21-22H,12-13H2,1-5H3,(H,27,29)/t15-,21-,22+/m1/s1. The number of benzene rings is 1. The fraction of sp³-hybridized carbons (Fsp3) is 0.417. The van der Waals surface area contributed by atoms with E-state index < -0.39 is 0 Å². The summed E-state index contributed by atoms with van der Waals surface area (Å²) in [5.74, 6) is 0.667. The smallest absolute Gasteiger partial charge is 0.158 e. The molecule has 1 N–H and O–H groups in total. The number of pyridine rings is 1. The first kappa shape index (κ1) is 21.9. The van der Waals surface area contributed by atoms with Gasteiger partial charge in [0, 0.05) is 32.7 Å². The molecule has 8 heteroatoms. The normalized spacial score (nSPS) is 19.2. The van der Waals surface area contributed by atoms with Crippen LogP contribution in [0.1, 0.15) is 35.3 Å². The number of nitriles is 1. The Labute approximate surface area is 188 Å². The number of aromatic nitrogens is 3. The summed E-state index contributed by atoms with van der Waals surface area (Å²) in [6.45, 7) is 7.41. The number of nitrogens with one attached hydrogen (secondary N) is 1. The Kier molecular flexibility index (Phi) is 6.21. The summed E-state index contributed by atoms with van der Waals surface area (Å²) in [5, 5.41) is 22.5. The number of methoxy groups -OCH3 is 2. The van der Waals surface area contributed by atoms with E-state index in [1.165, 1.54) is 0 Å². The molecule has 166 valence electrons. The fourth-order valence-corrected chi connectivity index (χ4v) is 4.36. The summed E-state index contributed by atoms with van der Waals surface area (Å²) in [4.78, 5) is 6.92. The molecule has 1 aromatic carbocycles. The van der Waals surface area contributed by atoms with Gasteiger partial charge in [0.2, 0.25) is 0 Å². The Morgan fingerprint density at radius 1 is 1.16 bits per heavy atom. The van der Waals surface area contributed by atoms with Crippen LogP contribution in [0.5, 0.6) is 0 Å². The zero-order valence-electron chi connectivity index (χ0n) is 19.1. The molecule has 1 aliphatic heterocycles. The van der Waals surface area contributed by atoms with Crippen LogP contribution in [0.4, 0.5) is 11.5 Å². The molecule has 0 aliphatic carbocycles. The van der Waals surface area contributed by atoms with Crippen LogP contribution in [0.15, 0.2) is 30.5 Å². The van der Waals surface area contributed by atoms with Crippen molar-refractivity contribution in [1.29, 1.82) is 5.26 Å². The number of rotatable bonds is 6. The van der Waals surface area contributed by atoms with Gasteiger partial charge in [-0.25, -0.2) is 0 Å². The molecular formula is C24H28N6O2. The van der Waals surface area contributed by atoms with E-state index in [1.54, 1.807) is 14.2 Å². The monoisotopic (exact) mass is 432 g/mol. The molecule has 0 amide bonds. The average molecular weight is 433 g/mol. The molecule has 0 radical (unpaired) electrons. The van der Waals surface area contributed by atoms with E-state index in [-0.39, 0.29) is 18.2 Å². The first-order valence-electron chi connectivity index (χ1n) is 10.7. The van der Waals surface area contributed by atoms with Crippen molar-refractivity contribution in [3.8, 4) is 6.07 Å². The number of anilines is 2. The van der Waals surface area contributed by atoms with E-state index in [4.69, 9.17) is 14.5 Å². The number of fused-ring (bicyclic) bond motifs is 1. The van der Waals surface area contributed by atoms with Gasteiger partial charge in [-0.2, -0.15) is 10.4 Å². The zero-order valence-corrected chi connectivity index (χ0v) is 19.1. The van der Waals surface area contributed by atoms with Crippen LogP contribution in [-0.4, -0.2) is 54.7 Å². The van der Waals surface area contributed by atoms with E-state index >= 15 is 0 Å². The molecule has 0 spiro atoms. The highest BCUT2D eigenvalue weighted by Gasteiger charge is 2.33. The Hall–Kier alpha value is -3.28. The quantitative estimate of drug-likeness (QED) is 0.632. The first-order valence-corrected chi connectivity index (χ1v) is 10.7. The Balaban J connectivity index is 1.69. The van der Waals surface area contributed by atoms with Crippen LogP contribution in [-0.2, 0) is 9.47 Å². The summed E-state index contributed by atoms with van der Waals surface area (Å²) in [6, 6.07) is 10.1. The summed E-state index contributed by atoms with van der Waals surface area (Å²) in [6.07, 6.45) is 1.90. The van der Waals surface area contributed by atoms with Gasteiger partial charge in [-0.15, -0.1) is 5.10 Å². The topological polar surface area (TPSA) is 96.2 Å². The third kappa shape index (κ3) is 3.97. The van der Waals surface area contributed by atoms with Crippen LogP contribution in [0.3, 0.4) is 0 Å². The number of aryl methyl sites for hydroxylation is 1. The predicted octanol–water partition coefficient (Wildman–Crippen LogP) is 3.54. The minimum atomic E-state index is -0.0605. The number of hydrogen-bond donors (Lipinski definition) is 1. The van der Waals surface area contributed by atoms with Crippen LogP contribution >= 0.6 is 0 Å². The lowest BCUT2D eigenvalue weighted by atomic mass is 9.98. The highest BCUT2D eigenvalue weighted by molar-refractivity contribution is 5.92. The molecule has 1 saturated heterocycles. The third-order valence-corrected chi connectivity index (χ3v) is 6.27. The van der Waals surface area contributed by atoms with Gasteiger partial charge in [0.05, 0.1) is 40.8 Å². The lowest BCUT2D eigenvalue weighted by Gasteiger charge is -2.21. The fourth-order valence-electron chi connectivity index (χ4n) is 4.36. The molecule has 1 fully saturated rings. The number of hydrogen-bond acceptors (Lipinski definition) is 8. The van der Waals surface area contributed by atoms with Crippen molar-refractivity contribution < 1.29 is 9.47 Å². The van der Waals surface area contributed by atoms with Crippen molar-refractivity contribution in [2.45, 2.75) is 39.0 Å². The van der Waals surface area contributed by atoms with Crippen LogP contribution in [0.25, 0.3) is 10.9 Å². The molecule has 32 heavy (non-hydrogen) atoms. The molecule has 0 saturated carbocycles. The van der Waals surface area contributed by atoms with Gasteiger partial charge in [-0.1, -0.05) is 12.1 Å². The van der Waals surface area contributed by atoms with Crippen LogP contribution in [0.2, 0.25) is 0 Å². The second-order valence-electron chi connectivity index (χ2n) is 8.17. The summed E-state index contributed by atoms with van der Waals surface area (Å²) >= 11 is 0. The molecule has 8 nitrogen and oxygen atoms in total. The summed E-state index contributed by atoms with van der Waals surface area (Å²) < 4.78 is 11.2. The van der Waals surface area contributed by atoms with Crippen molar-refractivity contribution in [3.63, 3.8) is 0 Å². The van der Waals surface area contributed by atoms with Crippen molar-refractivity contribution >= 4 is 22.4 Å². The van der Waals surface area contributed by atoms with E-state index in [2.05, 4.69) is 39.5 Å². The second-order valence-corrected chi connectivity index (χ2v) is 8.17. The zero-order chi connectivity index (χ0) is 22.8. The SMILES string of the molecule is CO[C@H]1CN(c2cnc3c(C)nnc(N[C@H](C)c4cccc(C#N)c4C)c3c2)C[C@H]1OC.